The van der Waals surface area contributed by atoms with Gasteiger partial charge in [-0.1, -0.05) is 20.8 Å². The maximum absolute atomic E-state index is 14.0. The van der Waals surface area contributed by atoms with Gasteiger partial charge in [0.25, 0.3) is 0 Å². The molecule has 0 spiro atoms. The molecule has 41 heavy (non-hydrogen) atoms. The number of nitrogens with one attached hydrogen (secondary N) is 1. The van der Waals surface area contributed by atoms with Crippen LogP contribution in [0.5, 0.6) is 0 Å². The molecule has 4 aliphatic rings. The van der Waals surface area contributed by atoms with E-state index in [1.54, 1.807) is 27.7 Å². The van der Waals surface area contributed by atoms with Crippen molar-refractivity contribution in [2.75, 3.05) is 13.7 Å². The molecule has 3 fully saturated rings. The Morgan fingerprint density at radius 1 is 1.15 bits per heavy atom. The summed E-state index contributed by atoms with van der Waals surface area (Å²) in [5, 5.41) is 59.7. The van der Waals surface area contributed by atoms with Crippen molar-refractivity contribution in [3.8, 4) is 0 Å². The van der Waals surface area contributed by atoms with Crippen molar-refractivity contribution >= 4 is 17.8 Å². The molecule has 1 aliphatic heterocycles. The molecule has 226 valence electrons. The maximum atomic E-state index is 14.0. The Hall–Kier alpha value is 0.793. The van der Waals surface area contributed by atoms with E-state index in [4.69, 9.17) is 9.47 Å². The second-order valence-corrected chi connectivity index (χ2v) is 12.5. The smallest absolute Gasteiger partial charge is 0.407 e. The van der Waals surface area contributed by atoms with E-state index in [0.29, 0.717) is 5.57 Å². The van der Waals surface area contributed by atoms with Crippen LogP contribution < -0.4 is 5.32 Å². The van der Waals surface area contributed by atoms with Gasteiger partial charge in [-0.15, -0.1) is 0 Å². The molecule has 1 saturated heterocycles. The van der Waals surface area contributed by atoms with Crippen molar-refractivity contribution in [3.63, 3.8) is 0 Å². The van der Waals surface area contributed by atoms with Gasteiger partial charge in [0.1, 0.15) is 17.8 Å². The number of alkyl carbamates (subject to hydrolysis) is 1. The van der Waals surface area contributed by atoms with E-state index < -0.39 is 88.3 Å². The molecule has 0 aromatic heterocycles. The Balaban J connectivity index is 0.00000294. The topological polar surface area (TPSA) is 192 Å². The van der Waals surface area contributed by atoms with Crippen molar-refractivity contribution in [1.82, 2.24) is 5.32 Å². The predicted molar refractivity (Wildman–Crippen MR) is 134 cm³/mol. The number of ether oxygens (including phenoxy) is 3. The Morgan fingerprint density at radius 2 is 1.73 bits per heavy atom. The third-order valence-corrected chi connectivity index (χ3v) is 10.4. The second-order valence-electron chi connectivity index (χ2n) is 12.5. The van der Waals surface area contributed by atoms with Crippen LogP contribution in [0.2, 0.25) is 0 Å². The average Bonchev–Trinajstić information content (AvgIpc) is 2.86. The summed E-state index contributed by atoms with van der Waals surface area (Å²) >= 11 is 0. The van der Waals surface area contributed by atoms with Gasteiger partial charge in [-0.05, 0) is 37.8 Å². The number of methoxy groups -OCH3 is 1. The molecule has 14 heteroatoms. The molecular formula is C27H41Ac2NO11. The number of esters is 1. The minimum Gasteiger partial charge on any atom is -0.456 e. The Bertz CT molecular complexity index is 1100. The van der Waals surface area contributed by atoms with E-state index in [1.807, 2.05) is 0 Å². The normalized spacial score (nSPS) is 42.3. The van der Waals surface area contributed by atoms with Gasteiger partial charge < -0.3 is 45.1 Å². The molecule has 0 aromatic carbocycles. The zero-order valence-electron chi connectivity index (χ0n) is 24.6. The molecule has 2 radical (unpaired) electrons. The van der Waals surface area contributed by atoms with Crippen LogP contribution in [-0.2, 0) is 23.8 Å². The van der Waals surface area contributed by atoms with Crippen LogP contribution in [0.1, 0.15) is 54.4 Å². The van der Waals surface area contributed by atoms with Crippen LogP contribution >= 0.6 is 0 Å². The summed E-state index contributed by atoms with van der Waals surface area (Å²) in [7, 11) is 1.13. The number of hydrogen-bond donors (Lipinski definition) is 6. The fourth-order valence-corrected chi connectivity index (χ4v) is 7.85. The quantitative estimate of drug-likeness (QED) is 0.159. The van der Waals surface area contributed by atoms with E-state index in [-0.39, 0.29) is 113 Å². The van der Waals surface area contributed by atoms with E-state index in [1.165, 1.54) is 13.8 Å². The van der Waals surface area contributed by atoms with E-state index in [9.17, 15) is 39.9 Å². The summed E-state index contributed by atoms with van der Waals surface area (Å²) in [5.74, 6) is -3.61. The van der Waals surface area contributed by atoms with Gasteiger partial charge in [-0.2, -0.15) is 0 Å². The number of aliphatic hydroxyl groups is 5. The van der Waals surface area contributed by atoms with Gasteiger partial charge in [0.15, 0.2) is 11.9 Å². The number of carbonyl (C=O) groups excluding carboxylic acids is 3. The second kappa shape index (κ2) is 12.9. The van der Waals surface area contributed by atoms with Crippen LogP contribution in [0.25, 0.3) is 0 Å². The summed E-state index contributed by atoms with van der Waals surface area (Å²) in [4.78, 5) is 38.5. The van der Waals surface area contributed by atoms with Crippen LogP contribution in [0.15, 0.2) is 11.1 Å². The number of aliphatic hydroxyl groups excluding tert-OH is 3. The number of fused-ring (bicyclic) bond motifs is 5. The molecule has 2 saturated carbocycles. The first kappa shape index (κ1) is 38.0. The van der Waals surface area contributed by atoms with E-state index >= 15 is 0 Å². The minimum atomic E-state index is -1.77. The molecule has 2 bridgehead atoms. The minimum absolute atomic E-state index is 0. The standard InChI is InChI=1S/C27H41NO11.2Ac/c1-11-14(39-22(33)18(30)13(3)28-23(34)37-7)9-27(36)12(2)20-25(6,15(29)8-16-26(20,35)10-38-16)21(32)19(31)17(11)24(27,4)5;;/h12-16,18-20,29-31,35-36H,8-10H2,1-7H3,(H,28,34);;/t12?,13?,14?,15?,16?,18?,19?,20?,25-,26?,27?;;/m1../s1. The average molecular weight is 1010 g/mol. The molecule has 4 rings (SSSR count). The van der Waals surface area contributed by atoms with Gasteiger partial charge in [0.2, 0.25) is 0 Å². The molecule has 10 unspecified atom stereocenters. The number of carbonyl (C=O) groups is 3. The third kappa shape index (κ3) is 5.59. The molecule has 1 amide bonds. The summed E-state index contributed by atoms with van der Waals surface area (Å²) < 4.78 is 15.7. The van der Waals surface area contributed by atoms with Crippen molar-refractivity contribution in [1.29, 1.82) is 0 Å². The predicted octanol–water partition coefficient (Wildman–Crippen LogP) is -0.422. The van der Waals surface area contributed by atoms with Gasteiger partial charge >= 0.3 is 12.1 Å². The molecule has 6 N–H and O–H groups in total. The van der Waals surface area contributed by atoms with Gasteiger partial charge in [-0.3, -0.25) is 4.79 Å². The number of hydrogen-bond acceptors (Lipinski definition) is 11. The SMILES string of the molecule is COC(=O)NC(C)C(O)C(=O)OC1CC2(O)C(C)C3C4(O)COC4CC(O)[C@@]3(C)C(=O)C(O)C(=C1C)C2(C)C.[Ac].[Ac]. The summed E-state index contributed by atoms with van der Waals surface area (Å²) in [6.07, 6.45) is -7.68. The van der Waals surface area contributed by atoms with Gasteiger partial charge in [0.05, 0.1) is 43.0 Å². The van der Waals surface area contributed by atoms with Gasteiger partial charge in [0, 0.05) is 112 Å². The van der Waals surface area contributed by atoms with Crippen molar-refractivity contribution in [2.24, 2.45) is 22.7 Å². The Morgan fingerprint density at radius 3 is 2.24 bits per heavy atom. The van der Waals surface area contributed by atoms with Crippen LogP contribution in [0.4, 0.5) is 4.79 Å². The molecule has 3 aliphatic carbocycles. The summed E-state index contributed by atoms with van der Waals surface area (Å²) in [5.41, 5.74) is -5.59. The molecular weight excluding hydrogens is 968 g/mol. The summed E-state index contributed by atoms with van der Waals surface area (Å²) in [6.45, 7) is 9.46. The Kier molecular flexibility index (Phi) is 11.9. The number of ketones is 1. The van der Waals surface area contributed by atoms with E-state index in [0.717, 1.165) is 7.11 Å². The maximum Gasteiger partial charge on any atom is 0.407 e. The van der Waals surface area contributed by atoms with E-state index in [2.05, 4.69) is 10.1 Å². The molecule has 0 aromatic rings. The first-order valence-corrected chi connectivity index (χ1v) is 13.3. The number of rotatable bonds is 4. The number of Topliss-reactive ketones (excluding diaryl/α,β-unsaturated/α-hetero) is 1. The Labute approximate surface area is 311 Å². The van der Waals surface area contributed by atoms with Crippen molar-refractivity contribution in [2.45, 2.75) is 102 Å². The monoisotopic (exact) mass is 1010 g/mol. The summed E-state index contributed by atoms with van der Waals surface area (Å²) in [6, 6.07) is -1.06. The largest absolute Gasteiger partial charge is 0.456 e. The molecule has 1 heterocycles. The zero-order valence-corrected chi connectivity index (χ0v) is 34.1. The van der Waals surface area contributed by atoms with Crippen LogP contribution in [0, 0.1) is 111 Å². The first-order chi connectivity index (χ1) is 17.9. The fraction of sp³-hybridized carbons (Fsp3) is 0.815. The van der Waals surface area contributed by atoms with Crippen molar-refractivity contribution < 1.29 is 142 Å². The zero-order chi connectivity index (χ0) is 29.5. The van der Waals surface area contributed by atoms with Crippen LogP contribution in [-0.4, -0.2) is 105 Å². The van der Waals surface area contributed by atoms with Crippen LogP contribution in [0.3, 0.4) is 0 Å². The molecule has 12 nitrogen and oxygen atoms in total. The number of amides is 1. The molecule has 11 atom stereocenters. The fourth-order valence-electron chi connectivity index (χ4n) is 7.85. The van der Waals surface area contributed by atoms with Gasteiger partial charge in [-0.25, -0.2) is 9.59 Å². The van der Waals surface area contributed by atoms with Crippen molar-refractivity contribution in [3.05, 3.63) is 11.1 Å². The first-order valence-electron chi connectivity index (χ1n) is 13.3. The third-order valence-electron chi connectivity index (χ3n) is 10.4.